The van der Waals surface area contributed by atoms with Crippen LogP contribution in [0, 0.1) is 0 Å². The molecule has 0 heterocycles. The Hall–Kier alpha value is -1.64. The molecule has 2 unspecified atom stereocenters. The summed E-state index contributed by atoms with van der Waals surface area (Å²) in [5.41, 5.74) is 9.16. The van der Waals surface area contributed by atoms with E-state index >= 15 is 0 Å². The minimum Gasteiger partial charge on any atom is -0.322 e. The van der Waals surface area contributed by atoms with E-state index in [4.69, 9.17) is 5.73 Å². The molecule has 0 aromatic heterocycles. The van der Waals surface area contributed by atoms with E-state index in [0.29, 0.717) is 6.04 Å². The van der Waals surface area contributed by atoms with Crippen LogP contribution in [0.4, 0.5) is 0 Å². The van der Waals surface area contributed by atoms with Crippen molar-refractivity contribution >= 4 is 0 Å². The van der Waals surface area contributed by atoms with Gasteiger partial charge >= 0.3 is 0 Å². The molecule has 0 spiro atoms. The van der Waals surface area contributed by atoms with Gasteiger partial charge in [0.05, 0.1) is 6.04 Å². The summed E-state index contributed by atoms with van der Waals surface area (Å²) in [6.07, 6.45) is 3.93. The Morgan fingerprint density at radius 1 is 0.905 bits per heavy atom. The van der Waals surface area contributed by atoms with Gasteiger partial charge in [0.25, 0.3) is 0 Å². The van der Waals surface area contributed by atoms with Crippen molar-refractivity contribution in [2.75, 3.05) is 7.05 Å². The van der Waals surface area contributed by atoms with Crippen molar-refractivity contribution in [3.8, 4) is 0 Å². The lowest BCUT2D eigenvalue weighted by Gasteiger charge is -2.42. The molecule has 1 aliphatic rings. The van der Waals surface area contributed by atoms with E-state index in [-0.39, 0.29) is 12.1 Å². The molecule has 2 N–H and O–H groups in total. The number of hydrogen-bond donors (Lipinski definition) is 1. The third-order valence-corrected chi connectivity index (χ3v) is 4.76. The zero-order valence-corrected chi connectivity index (χ0v) is 12.7. The number of rotatable bonds is 5. The molecule has 110 valence electrons. The molecule has 2 heteroatoms. The lowest BCUT2D eigenvalue weighted by Crippen LogP contribution is -2.43. The molecule has 1 saturated carbocycles. The van der Waals surface area contributed by atoms with Gasteiger partial charge in [0.1, 0.15) is 0 Å². The Kier molecular flexibility index (Phi) is 4.37. The van der Waals surface area contributed by atoms with Crippen LogP contribution in [-0.4, -0.2) is 18.0 Å². The minimum absolute atomic E-state index is 0.000741. The van der Waals surface area contributed by atoms with Gasteiger partial charge in [-0.25, -0.2) is 0 Å². The van der Waals surface area contributed by atoms with E-state index in [1.165, 1.54) is 30.4 Å². The predicted octanol–water partition coefficient (Wildman–Crippen LogP) is 3.91. The van der Waals surface area contributed by atoms with Crippen LogP contribution in [0.2, 0.25) is 0 Å². The Balaban J connectivity index is 1.91. The van der Waals surface area contributed by atoms with Crippen LogP contribution in [0.3, 0.4) is 0 Å². The number of benzene rings is 2. The highest BCUT2D eigenvalue weighted by molar-refractivity contribution is 5.27. The minimum atomic E-state index is -0.000741. The van der Waals surface area contributed by atoms with E-state index < -0.39 is 0 Å². The second-order valence-electron chi connectivity index (χ2n) is 6.04. The van der Waals surface area contributed by atoms with Crippen LogP contribution in [0.25, 0.3) is 0 Å². The van der Waals surface area contributed by atoms with E-state index in [1.54, 1.807) is 0 Å². The summed E-state index contributed by atoms with van der Waals surface area (Å²) in [5.74, 6) is 0. The number of hydrogen-bond acceptors (Lipinski definition) is 2. The molecule has 0 aliphatic heterocycles. The molecule has 1 fully saturated rings. The Morgan fingerprint density at radius 3 is 1.90 bits per heavy atom. The highest BCUT2D eigenvalue weighted by Gasteiger charge is 2.32. The highest BCUT2D eigenvalue weighted by Crippen LogP contribution is 2.37. The fraction of sp³-hybridized carbons (Fsp3) is 0.368. The highest BCUT2D eigenvalue weighted by atomic mass is 15.2. The average Bonchev–Trinajstić information content (AvgIpc) is 2.47. The molecule has 0 saturated heterocycles. The maximum atomic E-state index is 6.65. The smallest absolute Gasteiger partial charge is 0.0541 e. The largest absolute Gasteiger partial charge is 0.322 e. The third kappa shape index (κ3) is 3.02. The van der Waals surface area contributed by atoms with E-state index in [1.807, 2.05) is 6.07 Å². The van der Waals surface area contributed by atoms with Crippen molar-refractivity contribution in [2.45, 2.75) is 37.4 Å². The van der Waals surface area contributed by atoms with Crippen LogP contribution < -0.4 is 5.73 Å². The first-order valence-electron chi connectivity index (χ1n) is 7.85. The van der Waals surface area contributed by atoms with Gasteiger partial charge in [0.2, 0.25) is 0 Å². The summed E-state index contributed by atoms with van der Waals surface area (Å²) in [6.45, 7) is 0. The van der Waals surface area contributed by atoms with Gasteiger partial charge in [-0.3, -0.25) is 4.90 Å². The maximum Gasteiger partial charge on any atom is 0.0541 e. The molecule has 3 rings (SSSR count). The molecule has 21 heavy (non-hydrogen) atoms. The van der Waals surface area contributed by atoms with Gasteiger partial charge in [0, 0.05) is 12.1 Å². The molecule has 0 amide bonds. The van der Waals surface area contributed by atoms with Gasteiger partial charge < -0.3 is 5.73 Å². The molecule has 0 radical (unpaired) electrons. The SMILES string of the molecule is CN(C1CCC1)C(c1ccccc1)C(N)c1ccccc1. The van der Waals surface area contributed by atoms with E-state index in [0.717, 1.165) is 0 Å². The first-order valence-corrected chi connectivity index (χ1v) is 7.85. The summed E-state index contributed by atoms with van der Waals surface area (Å²) < 4.78 is 0. The van der Waals surface area contributed by atoms with Crippen LogP contribution in [-0.2, 0) is 0 Å². The van der Waals surface area contributed by atoms with Crippen molar-refractivity contribution in [3.63, 3.8) is 0 Å². The van der Waals surface area contributed by atoms with Crippen molar-refractivity contribution in [2.24, 2.45) is 5.73 Å². The Morgan fingerprint density at radius 2 is 1.43 bits per heavy atom. The summed E-state index contributed by atoms with van der Waals surface area (Å²) >= 11 is 0. The quantitative estimate of drug-likeness (QED) is 0.899. The van der Waals surface area contributed by atoms with Crippen LogP contribution in [0.1, 0.15) is 42.5 Å². The molecular weight excluding hydrogens is 256 g/mol. The first kappa shape index (κ1) is 14.3. The fourth-order valence-electron chi connectivity index (χ4n) is 3.22. The van der Waals surface area contributed by atoms with Crippen LogP contribution >= 0.6 is 0 Å². The first-order chi connectivity index (χ1) is 10.3. The lowest BCUT2D eigenvalue weighted by molar-refractivity contribution is 0.0946. The van der Waals surface area contributed by atoms with Crippen molar-refractivity contribution in [1.29, 1.82) is 0 Å². The lowest BCUT2D eigenvalue weighted by atomic mass is 9.86. The van der Waals surface area contributed by atoms with Crippen molar-refractivity contribution in [1.82, 2.24) is 4.90 Å². The number of nitrogens with two attached hydrogens (primary N) is 1. The van der Waals surface area contributed by atoms with Gasteiger partial charge in [-0.15, -0.1) is 0 Å². The number of nitrogens with zero attached hydrogens (tertiary/aromatic N) is 1. The summed E-state index contributed by atoms with van der Waals surface area (Å²) in [4.78, 5) is 2.48. The molecule has 2 aromatic rings. The Bertz CT molecular complexity index is 548. The normalized spacial score (nSPS) is 18.2. The summed E-state index contributed by atoms with van der Waals surface area (Å²) in [6, 6.07) is 22.0. The van der Waals surface area contributed by atoms with Gasteiger partial charge in [-0.05, 0) is 31.0 Å². The van der Waals surface area contributed by atoms with Crippen LogP contribution in [0.15, 0.2) is 60.7 Å². The van der Waals surface area contributed by atoms with Gasteiger partial charge in [-0.1, -0.05) is 67.1 Å². The average molecular weight is 280 g/mol. The predicted molar refractivity (Wildman–Crippen MR) is 88.0 cm³/mol. The molecular formula is C19H24N2. The fourth-order valence-corrected chi connectivity index (χ4v) is 3.22. The second-order valence-corrected chi connectivity index (χ2v) is 6.04. The number of likely N-dealkylation sites (N-methyl/N-ethyl adjacent to an activating group) is 1. The maximum absolute atomic E-state index is 6.65. The van der Waals surface area contributed by atoms with Crippen molar-refractivity contribution < 1.29 is 0 Å². The topological polar surface area (TPSA) is 29.3 Å². The van der Waals surface area contributed by atoms with Crippen molar-refractivity contribution in [3.05, 3.63) is 71.8 Å². The summed E-state index contributed by atoms with van der Waals surface area (Å²) in [5, 5.41) is 0. The Labute approximate surface area is 127 Å². The molecule has 1 aliphatic carbocycles. The summed E-state index contributed by atoms with van der Waals surface area (Å²) in [7, 11) is 2.23. The van der Waals surface area contributed by atoms with Gasteiger partial charge in [0.15, 0.2) is 0 Å². The van der Waals surface area contributed by atoms with Gasteiger partial charge in [-0.2, -0.15) is 0 Å². The molecule has 2 nitrogen and oxygen atoms in total. The van der Waals surface area contributed by atoms with Crippen LogP contribution in [0.5, 0.6) is 0 Å². The zero-order valence-electron chi connectivity index (χ0n) is 12.7. The second kappa shape index (κ2) is 6.42. The zero-order chi connectivity index (χ0) is 14.7. The third-order valence-electron chi connectivity index (χ3n) is 4.76. The molecule has 2 aromatic carbocycles. The monoisotopic (exact) mass is 280 g/mol. The van der Waals surface area contributed by atoms with E-state index in [2.05, 4.69) is 66.5 Å². The van der Waals surface area contributed by atoms with E-state index in [9.17, 15) is 0 Å². The molecule has 0 bridgehead atoms. The standard InChI is InChI=1S/C19H24N2/c1-21(17-13-8-14-17)19(16-11-6-3-7-12-16)18(20)15-9-4-2-5-10-15/h2-7,9-12,17-19H,8,13-14,20H2,1H3. The molecule has 2 atom stereocenters.